The zero-order valence-electron chi connectivity index (χ0n) is 12.8. The van der Waals surface area contributed by atoms with Crippen molar-refractivity contribution in [2.45, 2.75) is 25.2 Å². The Morgan fingerprint density at radius 3 is 2.76 bits per heavy atom. The molecule has 1 unspecified atom stereocenters. The predicted molar refractivity (Wildman–Crippen MR) is 82.5 cm³/mol. The molecule has 1 heterocycles. The molecule has 0 bridgehead atoms. The molecule has 0 saturated carbocycles. The lowest BCUT2D eigenvalue weighted by Crippen LogP contribution is -2.48. The van der Waals surface area contributed by atoms with Crippen LogP contribution in [0.1, 0.15) is 29.9 Å². The topological polar surface area (TPSA) is 32.8 Å². The van der Waals surface area contributed by atoms with Gasteiger partial charge in [0, 0.05) is 26.2 Å². The normalized spacial score (nSPS) is 22.1. The molecule has 4 nitrogen and oxygen atoms in total. The van der Waals surface area contributed by atoms with Gasteiger partial charge < -0.3 is 9.64 Å². The van der Waals surface area contributed by atoms with Crippen LogP contribution in [0.2, 0.25) is 0 Å². The van der Waals surface area contributed by atoms with E-state index in [1.807, 2.05) is 0 Å². The van der Waals surface area contributed by atoms with E-state index in [-0.39, 0.29) is 6.09 Å². The summed E-state index contributed by atoms with van der Waals surface area (Å²) in [6.07, 6.45) is 3.56. The van der Waals surface area contributed by atoms with Crippen molar-refractivity contribution < 1.29 is 9.53 Å². The zero-order chi connectivity index (χ0) is 14.7. The molecular formula is C17H24N2O2. The minimum atomic E-state index is -0.195. The number of ether oxygens (including phenoxy) is 1. The number of piperazine rings is 1. The highest BCUT2D eigenvalue weighted by Crippen LogP contribution is 2.35. The van der Waals surface area contributed by atoms with Crippen LogP contribution in [0.3, 0.4) is 0 Å². The van der Waals surface area contributed by atoms with Gasteiger partial charge in [0.2, 0.25) is 0 Å². The van der Waals surface area contributed by atoms with Crippen molar-refractivity contribution in [2.24, 2.45) is 0 Å². The number of amides is 1. The second-order valence-corrected chi connectivity index (χ2v) is 6.02. The summed E-state index contributed by atoms with van der Waals surface area (Å²) in [5.74, 6) is 0.722. The van der Waals surface area contributed by atoms with Crippen molar-refractivity contribution in [3.05, 3.63) is 35.4 Å². The molecule has 114 valence electrons. The highest BCUT2D eigenvalue weighted by Gasteiger charge is 2.25. The molecule has 1 aliphatic carbocycles. The Balaban J connectivity index is 1.46. The smallest absolute Gasteiger partial charge is 0.409 e. The maximum atomic E-state index is 11.5. The highest BCUT2D eigenvalue weighted by molar-refractivity contribution is 5.67. The van der Waals surface area contributed by atoms with Crippen LogP contribution < -0.4 is 0 Å². The van der Waals surface area contributed by atoms with Gasteiger partial charge in [-0.15, -0.1) is 0 Å². The number of nitrogens with zero attached hydrogens (tertiary/aromatic N) is 2. The average molecular weight is 288 g/mol. The molecule has 1 aromatic carbocycles. The first-order valence-corrected chi connectivity index (χ1v) is 7.91. The van der Waals surface area contributed by atoms with Gasteiger partial charge in [-0.2, -0.15) is 0 Å². The van der Waals surface area contributed by atoms with Gasteiger partial charge in [0.25, 0.3) is 0 Å². The molecule has 0 radical (unpaired) electrons. The Hall–Kier alpha value is -1.55. The lowest BCUT2D eigenvalue weighted by molar-refractivity contribution is 0.0900. The summed E-state index contributed by atoms with van der Waals surface area (Å²) >= 11 is 0. The molecule has 1 saturated heterocycles. The van der Waals surface area contributed by atoms with Crippen molar-refractivity contribution in [3.63, 3.8) is 0 Å². The number of rotatable bonds is 3. The van der Waals surface area contributed by atoms with E-state index in [0.717, 1.165) is 38.6 Å². The first-order valence-electron chi connectivity index (χ1n) is 7.91. The van der Waals surface area contributed by atoms with Crippen LogP contribution in [0.15, 0.2) is 24.3 Å². The molecule has 0 aromatic heterocycles. The van der Waals surface area contributed by atoms with Gasteiger partial charge in [0.1, 0.15) is 0 Å². The quantitative estimate of drug-likeness (QED) is 0.856. The molecule has 1 fully saturated rings. The third-order valence-electron chi connectivity index (χ3n) is 4.86. The number of hydrogen-bond donors (Lipinski definition) is 0. The summed E-state index contributed by atoms with van der Waals surface area (Å²) in [6, 6.07) is 8.87. The molecule has 1 amide bonds. The number of benzene rings is 1. The van der Waals surface area contributed by atoms with Gasteiger partial charge in [-0.1, -0.05) is 24.3 Å². The van der Waals surface area contributed by atoms with Crippen LogP contribution in [-0.2, 0) is 11.2 Å². The molecule has 2 aliphatic rings. The van der Waals surface area contributed by atoms with Crippen LogP contribution in [-0.4, -0.2) is 55.7 Å². The monoisotopic (exact) mass is 288 g/mol. The van der Waals surface area contributed by atoms with Crippen LogP contribution in [0, 0.1) is 0 Å². The minimum Gasteiger partial charge on any atom is -0.453 e. The first kappa shape index (κ1) is 14.4. The Labute approximate surface area is 126 Å². The molecule has 4 heteroatoms. The third kappa shape index (κ3) is 3.21. The summed E-state index contributed by atoms with van der Waals surface area (Å²) in [5, 5.41) is 0. The van der Waals surface area contributed by atoms with E-state index in [2.05, 4.69) is 29.2 Å². The molecule has 0 spiro atoms. The lowest BCUT2D eigenvalue weighted by atomic mass is 9.97. The van der Waals surface area contributed by atoms with Gasteiger partial charge >= 0.3 is 6.09 Å². The maximum Gasteiger partial charge on any atom is 0.409 e. The van der Waals surface area contributed by atoms with Crippen molar-refractivity contribution in [1.82, 2.24) is 9.80 Å². The minimum absolute atomic E-state index is 0.195. The van der Waals surface area contributed by atoms with E-state index in [1.165, 1.54) is 31.9 Å². The molecule has 1 aromatic rings. The number of fused-ring (bicyclic) bond motifs is 1. The van der Waals surface area contributed by atoms with Crippen LogP contribution >= 0.6 is 0 Å². The largest absolute Gasteiger partial charge is 0.453 e. The molecule has 3 rings (SSSR count). The Bertz CT molecular complexity index is 495. The number of carbonyl (C=O) groups is 1. The fourth-order valence-corrected chi connectivity index (χ4v) is 3.57. The van der Waals surface area contributed by atoms with Gasteiger partial charge in [-0.3, -0.25) is 4.90 Å². The fraction of sp³-hybridized carbons (Fsp3) is 0.588. The SMILES string of the molecule is COC(=O)N1CCN(CCC2CCc3ccccc32)CC1. The Kier molecular flexibility index (Phi) is 4.44. The van der Waals surface area contributed by atoms with Gasteiger partial charge in [-0.05, 0) is 42.9 Å². The molecular weight excluding hydrogens is 264 g/mol. The van der Waals surface area contributed by atoms with E-state index < -0.39 is 0 Å². The molecule has 0 N–H and O–H groups in total. The van der Waals surface area contributed by atoms with E-state index >= 15 is 0 Å². The first-order chi connectivity index (χ1) is 10.3. The predicted octanol–water partition coefficient (Wildman–Crippen LogP) is 2.49. The summed E-state index contributed by atoms with van der Waals surface area (Å²) in [5.41, 5.74) is 3.10. The summed E-state index contributed by atoms with van der Waals surface area (Å²) < 4.78 is 4.77. The van der Waals surface area contributed by atoms with Crippen LogP contribution in [0.5, 0.6) is 0 Å². The lowest BCUT2D eigenvalue weighted by Gasteiger charge is -2.34. The van der Waals surface area contributed by atoms with Crippen molar-refractivity contribution in [1.29, 1.82) is 0 Å². The van der Waals surface area contributed by atoms with Crippen LogP contribution in [0.4, 0.5) is 4.79 Å². The molecule has 1 aliphatic heterocycles. The Morgan fingerprint density at radius 1 is 1.24 bits per heavy atom. The number of methoxy groups -OCH3 is 1. The van der Waals surface area contributed by atoms with Crippen molar-refractivity contribution >= 4 is 6.09 Å². The fourth-order valence-electron chi connectivity index (χ4n) is 3.57. The second-order valence-electron chi connectivity index (χ2n) is 6.02. The van der Waals surface area contributed by atoms with Gasteiger partial charge in [0.15, 0.2) is 0 Å². The average Bonchev–Trinajstić information content (AvgIpc) is 2.96. The molecule has 21 heavy (non-hydrogen) atoms. The van der Waals surface area contributed by atoms with Gasteiger partial charge in [-0.25, -0.2) is 4.79 Å². The summed E-state index contributed by atoms with van der Waals surface area (Å²) in [6.45, 7) is 4.63. The van der Waals surface area contributed by atoms with E-state index in [9.17, 15) is 4.79 Å². The summed E-state index contributed by atoms with van der Waals surface area (Å²) in [7, 11) is 1.45. The maximum absolute atomic E-state index is 11.5. The zero-order valence-corrected chi connectivity index (χ0v) is 12.8. The van der Waals surface area contributed by atoms with E-state index in [0.29, 0.717) is 0 Å². The summed E-state index contributed by atoms with van der Waals surface area (Å²) in [4.78, 5) is 15.7. The molecule has 1 atom stereocenters. The van der Waals surface area contributed by atoms with E-state index in [4.69, 9.17) is 4.74 Å². The van der Waals surface area contributed by atoms with Crippen molar-refractivity contribution in [2.75, 3.05) is 39.8 Å². The Morgan fingerprint density at radius 2 is 2.00 bits per heavy atom. The number of aryl methyl sites for hydroxylation is 1. The van der Waals surface area contributed by atoms with Crippen LogP contribution in [0.25, 0.3) is 0 Å². The second kappa shape index (κ2) is 6.48. The number of hydrogen-bond acceptors (Lipinski definition) is 3. The third-order valence-corrected chi connectivity index (χ3v) is 4.86. The number of carbonyl (C=O) groups excluding carboxylic acids is 1. The van der Waals surface area contributed by atoms with Gasteiger partial charge in [0.05, 0.1) is 7.11 Å². The van der Waals surface area contributed by atoms with E-state index in [1.54, 1.807) is 10.5 Å². The standard InChI is InChI=1S/C17H24N2O2/c1-21-17(20)19-12-10-18(11-13-19)9-8-15-7-6-14-4-2-3-5-16(14)15/h2-5,15H,6-13H2,1H3. The highest BCUT2D eigenvalue weighted by atomic mass is 16.5. The van der Waals surface area contributed by atoms with Crippen molar-refractivity contribution in [3.8, 4) is 0 Å².